The first-order valence-electron chi connectivity index (χ1n) is 8.99. The van der Waals surface area contributed by atoms with E-state index in [1.165, 1.54) is 11.3 Å². The predicted molar refractivity (Wildman–Crippen MR) is 109 cm³/mol. The Morgan fingerprint density at radius 3 is 2.57 bits per heavy atom. The van der Waals surface area contributed by atoms with Crippen molar-refractivity contribution in [2.45, 2.75) is 33.9 Å². The van der Waals surface area contributed by atoms with Crippen LogP contribution >= 0.6 is 11.3 Å². The first kappa shape index (κ1) is 18.3. The van der Waals surface area contributed by atoms with E-state index in [1.807, 2.05) is 39.1 Å². The Kier molecular flexibility index (Phi) is 4.68. The molecule has 7 heteroatoms. The summed E-state index contributed by atoms with van der Waals surface area (Å²) in [5.74, 6) is -0.272. The minimum absolute atomic E-state index is 0.0574. The zero-order valence-electron chi connectivity index (χ0n) is 15.9. The molecule has 0 fully saturated rings. The van der Waals surface area contributed by atoms with Crippen LogP contribution in [0.5, 0.6) is 0 Å². The summed E-state index contributed by atoms with van der Waals surface area (Å²) in [5, 5.41) is 3.74. The third-order valence-electron chi connectivity index (χ3n) is 4.81. The number of pyridine rings is 1. The van der Waals surface area contributed by atoms with E-state index in [9.17, 15) is 9.59 Å². The van der Waals surface area contributed by atoms with E-state index < -0.39 is 0 Å². The van der Waals surface area contributed by atoms with Gasteiger partial charge >= 0.3 is 0 Å². The van der Waals surface area contributed by atoms with Crippen molar-refractivity contribution in [3.05, 3.63) is 74.5 Å². The molecule has 0 bridgehead atoms. The Bertz CT molecular complexity index is 1090. The second kappa shape index (κ2) is 7.16. The summed E-state index contributed by atoms with van der Waals surface area (Å²) in [6.07, 6.45) is 3.41. The first-order valence-corrected chi connectivity index (χ1v) is 9.80. The third kappa shape index (κ3) is 3.53. The molecule has 142 valence electrons. The van der Waals surface area contributed by atoms with Crippen molar-refractivity contribution in [2.75, 3.05) is 5.32 Å². The number of fused-ring (bicyclic) bond motifs is 1. The van der Waals surface area contributed by atoms with Crippen LogP contribution in [0.25, 0.3) is 0 Å². The Morgan fingerprint density at radius 1 is 1.04 bits per heavy atom. The number of rotatable bonds is 3. The summed E-state index contributed by atoms with van der Waals surface area (Å²) in [7, 11) is 0. The molecule has 6 nitrogen and oxygen atoms in total. The van der Waals surface area contributed by atoms with Crippen molar-refractivity contribution in [1.82, 2.24) is 14.9 Å². The minimum atomic E-state index is -0.214. The monoisotopic (exact) mass is 392 g/mol. The number of nitrogens with one attached hydrogen (secondary N) is 1. The molecule has 3 aromatic rings. The van der Waals surface area contributed by atoms with Crippen LogP contribution in [0.2, 0.25) is 0 Å². The van der Waals surface area contributed by atoms with E-state index in [1.54, 1.807) is 23.2 Å². The maximum absolute atomic E-state index is 13.0. The summed E-state index contributed by atoms with van der Waals surface area (Å²) in [6, 6.07) is 7.43. The summed E-state index contributed by atoms with van der Waals surface area (Å²) >= 11 is 1.34. The number of aromatic nitrogens is 2. The molecule has 4 rings (SSSR count). The highest BCUT2D eigenvalue weighted by Crippen LogP contribution is 2.26. The van der Waals surface area contributed by atoms with E-state index in [0.29, 0.717) is 29.2 Å². The molecule has 0 radical (unpaired) electrons. The van der Waals surface area contributed by atoms with Crippen molar-refractivity contribution >= 4 is 28.8 Å². The van der Waals surface area contributed by atoms with Crippen LogP contribution in [0.4, 0.5) is 5.69 Å². The number of thiazole rings is 1. The molecule has 0 atom stereocenters. The smallest absolute Gasteiger partial charge is 0.267 e. The maximum Gasteiger partial charge on any atom is 0.267 e. The highest BCUT2D eigenvalue weighted by molar-refractivity contribution is 7.13. The number of aryl methyl sites for hydroxylation is 3. The van der Waals surface area contributed by atoms with E-state index in [2.05, 4.69) is 15.3 Å². The molecule has 2 amide bonds. The lowest BCUT2D eigenvalue weighted by atomic mass is 10.1. The van der Waals surface area contributed by atoms with Crippen LogP contribution < -0.4 is 5.32 Å². The minimum Gasteiger partial charge on any atom is -0.330 e. The number of hydrogen-bond acceptors (Lipinski definition) is 5. The van der Waals surface area contributed by atoms with Crippen LogP contribution in [-0.2, 0) is 13.1 Å². The van der Waals surface area contributed by atoms with Gasteiger partial charge in [-0.3, -0.25) is 14.6 Å². The molecule has 1 aliphatic rings. The standard InChI is InChI=1S/C21H20N4O2S/c1-12-4-5-15(7-18(12)24-20(26)19-9-23-14(3)28-19)21(27)25-10-16-6-13(2)22-8-17(16)11-25/h4-9H,10-11H2,1-3H3,(H,24,26). The van der Waals surface area contributed by atoms with Crippen LogP contribution in [0.3, 0.4) is 0 Å². The van der Waals surface area contributed by atoms with Gasteiger partial charge in [0.25, 0.3) is 11.8 Å². The van der Waals surface area contributed by atoms with Gasteiger partial charge < -0.3 is 10.2 Å². The Balaban J connectivity index is 1.53. The first-order chi connectivity index (χ1) is 13.4. The highest BCUT2D eigenvalue weighted by atomic mass is 32.1. The van der Waals surface area contributed by atoms with E-state index >= 15 is 0 Å². The number of nitrogens with zero attached hydrogens (tertiary/aromatic N) is 3. The topological polar surface area (TPSA) is 75.2 Å². The number of carbonyl (C=O) groups is 2. The maximum atomic E-state index is 13.0. The number of benzene rings is 1. The number of hydrogen-bond donors (Lipinski definition) is 1. The Morgan fingerprint density at radius 2 is 1.82 bits per heavy atom. The predicted octanol–water partition coefficient (Wildman–Crippen LogP) is 3.87. The van der Waals surface area contributed by atoms with Crippen LogP contribution in [-0.4, -0.2) is 26.7 Å². The zero-order valence-corrected chi connectivity index (χ0v) is 16.8. The van der Waals surface area contributed by atoms with Crippen molar-refractivity contribution in [1.29, 1.82) is 0 Å². The van der Waals surface area contributed by atoms with Gasteiger partial charge in [-0.05, 0) is 55.7 Å². The molecule has 0 saturated heterocycles. The molecule has 28 heavy (non-hydrogen) atoms. The van der Waals surface area contributed by atoms with Gasteiger partial charge in [0.1, 0.15) is 4.88 Å². The van der Waals surface area contributed by atoms with Gasteiger partial charge in [0, 0.05) is 36.2 Å². The van der Waals surface area contributed by atoms with Crippen molar-refractivity contribution in [2.24, 2.45) is 0 Å². The number of carbonyl (C=O) groups excluding carboxylic acids is 2. The molecule has 0 saturated carbocycles. The summed E-state index contributed by atoms with van der Waals surface area (Å²) in [4.78, 5) is 36.2. The molecule has 0 aliphatic carbocycles. The molecule has 0 unspecified atom stereocenters. The van der Waals surface area contributed by atoms with Crippen molar-refractivity contribution < 1.29 is 9.59 Å². The Hall–Kier alpha value is -3.06. The molecule has 2 aromatic heterocycles. The lowest BCUT2D eigenvalue weighted by molar-refractivity contribution is 0.0751. The zero-order chi connectivity index (χ0) is 19.8. The lowest BCUT2D eigenvalue weighted by Gasteiger charge is -2.17. The summed E-state index contributed by atoms with van der Waals surface area (Å²) < 4.78 is 0. The quantitative estimate of drug-likeness (QED) is 0.734. The number of anilines is 1. The van der Waals surface area contributed by atoms with Gasteiger partial charge in [-0.2, -0.15) is 0 Å². The molecular weight excluding hydrogens is 372 g/mol. The molecule has 1 aromatic carbocycles. The second-order valence-electron chi connectivity index (χ2n) is 6.98. The fourth-order valence-electron chi connectivity index (χ4n) is 3.27. The second-order valence-corrected chi connectivity index (χ2v) is 8.22. The lowest BCUT2D eigenvalue weighted by Crippen LogP contribution is -2.25. The van der Waals surface area contributed by atoms with E-state index in [0.717, 1.165) is 27.4 Å². The average Bonchev–Trinajstić information content (AvgIpc) is 3.28. The van der Waals surface area contributed by atoms with Gasteiger partial charge in [-0.15, -0.1) is 11.3 Å². The van der Waals surface area contributed by atoms with E-state index in [-0.39, 0.29) is 11.8 Å². The van der Waals surface area contributed by atoms with Gasteiger partial charge in [0.05, 0.1) is 11.2 Å². The fourth-order valence-corrected chi connectivity index (χ4v) is 3.94. The summed E-state index contributed by atoms with van der Waals surface area (Å²) in [6.45, 7) is 6.84. The average molecular weight is 392 g/mol. The molecule has 1 N–H and O–H groups in total. The Labute approximate surface area is 167 Å². The SMILES string of the molecule is Cc1cc2c(cn1)CN(C(=O)c1ccc(C)c(NC(=O)c3cnc(C)s3)c1)C2. The van der Waals surface area contributed by atoms with Crippen LogP contribution in [0, 0.1) is 20.8 Å². The fraction of sp³-hybridized carbons (Fsp3) is 0.238. The largest absolute Gasteiger partial charge is 0.330 e. The molecular formula is C21H20N4O2S. The van der Waals surface area contributed by atoms with Crippen LogP contribution in [0.1, 0.15) is 47.4 Å². The molecule has 1 aliphatic heterocycles. The van der Waals surface area contributed by atoms with E-state index in [4.69, 9.17) is 0 Å². The van der Waals surface area contributed by atoms with Gasteiger partial charge in [0.15, 0.2) is 0 Å². The van der Waals surface area contributed by atoms with Gasteiger partial charge in [-0.25, -0.2) is 4.98 Å². The van der Waals surface area contributed by atoms with Crippen molar-refractivity contribution in [3.63, 3.8) is 0 Å². The molecule has 3 heterocycles. The highest BCUT2D eigenvalue weighted by Gasteiger charge is 2.25. The number of amides is 2. The molecule has 0 spiro atoms. The van der Waals surface area contributed by atoms with Gasteiger partial charge in [-0.1, -0.05) is 6.07 Å². The normalized spacial score (nSPS) is 12.8. The third-order valence-corrected chi connectivity index (χ3v) is 5.72. The summed E-state index contributed by atoms with van der Waals surface area (Å²) in [5.41, 5.74) is 5.26. The van der Waals surface area contributed by atoms with Gasteiger partial charge in [0.2, 0.25) is 0 Å². The van der Waals surface area contributed by atoms with Crippen molar-refractivity contribution in [3.8, 4) is 0 Å². The van der Waals surface area contributed by atoms with Crippen LogP contribution in [0.15, 0.2) is 36.7 Å².